The average Bonchev–Trinajstić information content (AvgIpc) is 3.36. The Morgan fingerprint density at radius 3 is 2.34 bits per heavy atom. The predicted molar refractivity (Wildman–Crippen MR) is 119 cm³/mol. The van der Waals surface area contributed by atoms with Gasteiger partial charge in [-0.05, 0) is 43.3 Å². The molecule has 0 unspecified atom stereocenters. The molecule has 3 heterocycles. The van der Waals surface area contributed by atoms with Gasteiger partial charge in [-0.2, -0.15) is 13.5 Å². The Morgan fingerprint density at radius 2 is 1.78 bits per heavy atom. The number of benzene rings is 1. The molecule has 0 radical (unpaired) electrons. The minimum Gasteiger partial charge on any atom is -0.438 e. The minimum atomic E-state index is -3.80. The van der Waals surface area contributed by atoms with Crippen LogP contribution in [0.2, 0.25) is 0 Å². The molecule has 166 valence electrons. The third-order valence-electron chi connectivity index (χ3n) is 4.59. The fourth-order valence-electron chi connectivity index (χ4n) is 3.07. The predicted octanol–water partition coefficient (Wildman–Crippen LogP) is 3.42. The SMILES string of the molecule is Cc1ccn(-c2ccc(Oc3ccc(NS(=O)(=O)c4cn(C)c(C(C)C)n4)cc3)nn2)n1. The van der Waals surface area contributed by atoms with Gasteiger partial charge in [-0.15, -0.1) is 10.2 Å². The zero-order valence-corrected chi connectivity index (χ0v) is 18.9. The van der Waals surface area contributed by atoms with E-state index >= 15 is 0 Å². The van der Waals surface area contributed by atoms with Crippen LogP contribution in [0.4, 0.5) is 5.69 Å². The van der Waals surface area contributed by atoms with Gasteiger partial charge < -0.3 is 9.30 Å². The van der Waals surface area contributed by atoms with E-state index in [2.05, 4.69) is 25.0 Å². The average molecular weight is 454 g/mol. The number of ether oxygens (including phenoxy) is 1. The quantitative estimate of drug-likeness (QED) is 0.456. The third kappa shape index (κ3) is 4.62. The van der Waals surface area contributed by atoms with Crippen LogP contribution >= 0.6 is 0 Å². The minimum absolute atomic E-state index is 0.0215. The molecule has 0 atom stereocenters. The highest BCUT2D eigenvalue weighted by molar-refractivity contribution is 7.92. The van der Waals surface area contributed by atoms with Crippen LogP contribution in [0.3, 0.4) is 0 Å². The maximum Gasteiger partial charge on any atom is 0.280 e. The molecule has 0 aliphatic heterocycles. The highest BCUT2D eigenvalue weighted by Gasteiger charge is 2.21. The van der Waals surface area contributed by atoms with Gasteiger partial charge in [-0.1, -0.05) is 13.8 Å². The summed E-state index contributed by atoms with van der Waals surface area (Å²) in [6.45, 7) is 5.81. The van der Waals surface area contributed by atoms with Crippen molar-refractivity contribution in [2.24, 2.45) is 7.05 Å². The molecule has 3 aromatic heterocycles. The van der Waals surface area contributed by atoms with E-state index in [4.69, 9.17) is 4.74 Å². The van der Waals surface area contributed by atoms with Crippen LogP contribution in [0, 0.1) is 6.92 Å². The van der Waals surface area contributed by atoms with E-state index < -0.39 is 10.0 Å². The Labute approximate surface area is 186 Å². The van der Waals surface area contributed by atoms with E-state index in [1.165, 1.54) is 6.20 Å². The van der Waals surface area contributed by atoms with Crippen molar-refractivity contribution in [3.63, 3.8) is 0 Å². The second-order valence-electron chi connectivity index (χ2n) is 7.57. The summed E-state index contributed by atoms with van der Waals surface area (Å²) in [5.41, 5.74) is 1.27. The van der Waals surface area contributed by atoms with E-state index in [-0.39, 0.29) is 10.9 Å². The van der Waals surface area contributed by atoms with Gasteiger partial charge in [0.15, 0.2) is 10.8 Å². The van der Waals surface area contributed by atoms with Gasteiger partial charge in [0.2, 0.25) is 5.88 Å². The van der Waals surface area contributed by atoms with Crippen molar-refractivity contribution in [2.45, 2.75) is 31.7 Å². The molecule has 32 heavy (non-hydrogen) atoms. The van der Waals surface area contributed by atoms with Crippen LogP contribution in [-0.2, 0) is 17.1 Å². The van der Waals surface area contributed by atoms with Crippen molar-refractivity contribution < 1.29 is 13.2 Å². The number of imidazole rings is 1. The van der Waals surface area contributed by atoms with Gasteiger partial charge in [-0.3, -0.25) is 4.72 Å². The Hall–Kier alpha value is -3.73. The second kappa shape index (κ2) is 8.42. The summed E-state index contributed by atoms with van der Waals surface area (Å²) in [6.07, 6.45) is 3.30. The number of rotatable bonds is 7. The second-order valence-corrected chi connectivity index (χ2v) is 9.20. The molecule has 0 bridgehead atoms. The maximum absolute atomic E-state index is 12.7. The van der Waals surface area contributed by atoms with Crippen LogP contribution in [0.1, 0.15) is 31.3 Å². The standard InChI is InChI=1S/C21H23N7O3S/c1-14(2)21-22-20(13-27(21)4)32(29,30)26-16-5-7-17(8-6-16)31-19-10-9-18(23-24-19)28-12-11-15(3)25-28/h5-14,26H,1-4H3. The first-order chi connectivity index (χ1) is 15.2. The van der Waals surface area contributed by atoms with Gasteiger partial charge in [0.25, 0.3) is 10.0 Å². The Morgan fingerprint density at radius 1 is 1.03 bits per heavy atom. The lowest BCUT2D eigenvalue weighted by Crippen LogP contribution is -2.13. The van der Waals surface area contributed by atoms with Crippen molar-refractivity contribution in [2.75, 3.05) is 4.72 Å². The van der Waals surface area contributed by atoms with E-state index in [9.17, 15) is 8.42 Å². The van der Waals surface area contributed by atoms with Crippen molar-refractivity contribution >= 4 is 15.7 Å². The number of hydrogen-bond donors (Lipinski definition) is 1. The molecule has 0 fully saturated rings. The molecule has 0 saturated carbocycles. The molecule has 11 heteroatoms. The van der Waals surface area contributed by atoms with Gasteiger partial charge in [0.1, 0.15) is 11.6 Å². The van der Waals surface area contributed by atoms with Crippen LogP contribution in [0.25, 0.3) is 5.82 Å². The summed E-state index contributed by atoms with van der Waals surface area (Å²) in [7, 11) is -2.03. The lowest BCUT2D eigenvalue weighted by Gasteiger charge is -2.08. The fraction of sp³-hybridized carbons (Fsp3) is 0.238. The van der Waals surface area contributed by atoms with Crippen molar-refractivity contribution in [1.82, 2.24) is 29.5 Å². The molecule has 4 rings (SSSR count). The molecule has 0 spiro atoms. The number of nitrogens with one attached hydrogen (secondary N) is 1. The molecule has 10 nitrogen and oxygen atoms in total. The highest BCUT2D eigenvalue weighted by atomic mass is 32.2. The van der Waals surface area contributed by atoms with Gasteiger partial charge in [-0.25, -0.2) is 9.67 Å². The third-order valence-corrected chi connectivity index (χ3v) is 5.85. The topological polar surface area (TPSA) is 117 Å². The molecule has 1 N–H and O–H groups in total. The van der Waals surface area contributed by atoms with Crippen LogP contribution < -0.4 is 9.46 Å². The van der Waals surface area contributed by atoms with Crippen LogP contribution in [0.15, 0.2) is 59.9 Å². The summed E-state index contributed by atoms with van der Waals surface area (Å²) >= 11 is 0. The van der Waals surface area contributed by atoms with Gasteiger partial charge >= 0.3 is 0 Å². The number of aromatic nitrogens is 6. The first kappa shape index (κ1) is 21.5. The smallest absolute Gasteiger partial charge is 0.280 e. The number of hydrogen-bond acceptors (Lipinski definition) is 7. The summed E-state index contributed by atoms with van der Waals surface area (Å²) in [4.78, 5) is 4.25. The molecular weight excluding hydrogens is 430 g/mol. The Balaban J connectivity index is 1.43. The summed E-state index contributed by atoms with van der Waals surface area (Å²) in [5.74, 6) is 2.18. The van der Waals surface area contributed by atoms with Gasteiger partial charge in [0.05, 0.1) is 5.69 Å². The van der Waals surface area contributed by atoms with Crippen molar-refractivity contribution in [3.8, 4) is 17.4 Å². The first-order valence-corrected chi connectivity index (χ1v) is 11.4. The lowest BCUT2D eigenvalue weighted by atomic mass is 10.2. The monoisotopic (exact) mass is 453 g/mol. The number of anilines is 1. The molecule has 4 aromatic rings. The van der Waals surface area contributed by atoms with E-state index in [1.54, 1.807) is 58.9 Å². The Kier molecular flexibility index (Phi) is 5.66. The fourth-order valence-corrected chi connectivity index (χ4v) is 4.13. The maximum atomic E-state index is 12.7. The van der Waals surface area contributed by atoms with Crippen molar-refractivity contribution in [1.29, 1.82) is 0 Å². The first-order valence-electron chi connectivity index (χ1n) is 9.91. The number of nitrogens with zero attached hydrogens (tertiary/aromatic N) is 6. The summed E-state index contributed by atoms with van der Waals surface area (Å²) < 4.78 is 36.9. The van der Waals surface area contributed by atoms with Crippen LogP contribution in [0.5, 0.6) is 11.6 Å². The number of aryl methyl sites for hydroxylation is 2. The van der Waals surface area contributed by atoms with Crippen LogP contribution in [-0.4, -0.2) is 37.9 Å². The zero-order valence-electron chi connectivity index (χ0n) is 18.1. The lowest BCUT2D eigenvalue weighted by molar-refractivity contribution is 0.454. The van der Waals surface area contributed by atoms with E-state index in [1.807, 2.05) is 26.8 Å². The highest BCUT2D eigenvalue weighted by Crippen LogP contribution is 2.24. The summed E-state index contributed by atoms with van der Waals surface area (Å²) in [5, 5.41) is 12.4. The van der Waals surface area contributed by atoms with Crippen molar-refractivity contribution in [3.05, 3.63) is 66.4 Å². The van der Waals surface area contributed by atoms with Gasteiger partial charge in [0, 0.05) is 37.1 Å². The van der Waals surface area contributed by atoms with E-state index in [0.717, 1.165) is 5.69 Å². The molecule has 0 amide bonds. The molecule has 1 aromatic carbocycles. The van der Waals surface area contributed by atoms with E-state index in [0.29, 0.717) is 29.0 Å². The Bertz CT molecular complexity index is 1320. The summed E-state index contributed by atoms with van der Waals surface area (Å²) in [6, 6.07) is 11.8. The molecule has 0 aliphatic rings. The normalized spacial score (nSPS) is 11.7. The largest absolute Gasteiger partial charge is 0.438 e. The molecule has 0 saturated heterocycles. The zero-order chi connectivity index (χ0) is 22.9. The number of sulfonamides is 1. The molecular formula is C21H23N7O3S. The molecule has 0 aliphatic carbocycles.